The van der Waals surface area contributed by atoms with Gasteiger partial charge in [0.05, 0.1) is 5.60 Å². The molecule has 3 atom stereocenters. The molecule has 0 aromatic carbocycles. The number of carbonyl (C=O) groups is 1. The standard InChI is InChI=1S/C28H51F2N3O3/c1-31-20-25(19-22-12-15-27(29,30)16-13-22)32-26(34)33-17-8-11-24(21-33)28(35,14-6-7-18-36-2)23-9-4-3-5-10-23/h22-25,31,35H,3-21H2,1-2H3,(H,32,34)/t24-,25+,28-/m1/s1. The van der Waals surface area contributed by atoms with Crippen molar-refractivity contribution in [3.8, 4) is 0 Å². The molecular weight excluding hydrogens is 464 g/mol. The fraction of sp³-hybridized carbons (Fsp3) is 0.964. The van der Waals surface area contributed by atoms with Gasteiger partial charge in [-0.15, -0.1) is 0 Å². The van der Waals surface area contributed by atoms with Crippen LogP contribution in [-0.2, 0) is 4.74 Å². The number of ether oxygens (including phenoxy) is 1. The minimum Gasteiger partial charge on any atom is -0.389 e. The third-order valence-corrected chi connectivity index (χ3v) is 9.14. The summed E-state index contributed by atoms with van der Waals surface area (Å²) in [6.45, 7) is 2.63. The largest absolute Gasteiger partial charge is 0.389 e. The van der Waals surface area contributed by atoms with Crippen LogP contribution in [0.3, 0.4) is 0 Å². The number of hydrogen-bond donors (Lipinski definition) is 3. The molecule has 0 bridgehead atoms. The number of methoxy groups -OCH3 is 1. The van der Waals surface area contributed by atoms with Crippen molar-refractivity contribution in [2.75, 3.05) is 40.4 Å². The van der Waals surface area contributed by atoms with E-state index >= 15 is 0 Å². The number of piperidine rings is 1. The number of urea groups is 1. The predicted molar refractivity (Wildman–Crippen MR) is 139 cm³/mol. The third kappa shape index (κ3) is 8.52. The van der Waals surface area contributed by atoms with Gasteiger partial charge in [-0.25, -0.2) is 13.6 Å². The Bertz CT molecular complexity index is 652. The van der Waals surface area contributed by atoms with Gasteiger partial charge in [-0.05, 0) is 83.1 Å². The van der Waals surface area contributed by atoms with Crippen molar-refractivity contribution in [1.82, 2.24) is 15.5 Å². The summed E-state index contributed by atoms with van der Waals surface area (Å²) in [4.78, 5) is 15.2. The highest BCUT2D eigenvalue weighted by Crippen LogP contribution is 2.43. The van der Waals surface area contributed by atoms with E-state index in [9.17, 15) is 18.7 Å². The molecule has 3 fully saturated rings. The SMILES string of the molecule is CNC[C@H](CC1CCC(F)(F)CC1)NC(=O)N1CCC[C@@H]([C@@](O)(CCCCOC)C2CCCCC2)C1. The summed E-state index contributed by atoms with van der Waals surface area (Å²) in [6.07, 6.45) is 12.0. The molecule has 0 aromatic heterocycles. The van der Waals surface area contributed by atoms with E-state index in [2.05, 4.69) is 10.6 Å². The van der Waals surface area contributed by atoms with Crippen LogP contribution in [0.15, 0.2) is 0 Å². The van der Waals surface area contributed by atoms with E-state index in [1.807, 2.05) is 11.9 Å². The lowest BCUT2D eigenvalue weighted by molar-refractivity contribution is -0.104. The number of carbonyl (C=O) groups excluding carboxylic acids is 1. The molecule has 3 N–H and O–H groups in total. The van der Waals surface area contributed by atoms with E-state index in [-0.39, 0.29) is 36.8 Å². The number of hydrogen-bond acceptors (Lipinski definition) is 4. The van der Waals surface area contributed by atoms with Gasteiger partial charge in [0, 0.05) is 58.2 Å². The molecule has 36 heavy (non-hydrogen) atoms. The summed E-state index contributed by atoms with van der Waals surface area (Å²) in [6, 6.07) is -0.155. The van der Waals surface area contributed by atoms with Gasteiger partial charge in [0.1, 0.15) is 0 Å². The van der Waals surface area contributed by atoms with Crippen LogP contribution in [0.1, 0.15) is 96.3 Å². The van der Waals surface area contributed by atoms with Gasteiger partial charge in [0.2, 0.25) is 5.92 Å². The predicted octanol–water partition coefficient (Wildman–Crippen LogP) is 5.34. The van der Waals surface area contributed by atoms with E-state index in [0.717, 1.165) is 51.4 Å². The van der Waals surface area contributed by atoms with E-state index in [4.69, 9.17) is 4.74 Å². The molecule has 3 rings (SSSR count). The maximum atomic E-state index is 13.6. The molecule has 1 aliphatic heterocycles. The lowest BCUT2D eigenvalue weighted by atomic mass is 9.66. The Morgan fingerprint density at radius 3 is 2.44 bits per heavy atom. The number of alkyl halides is 2. The van der Waals surface area contributed by atoms with E-state index in [0.29, 0.717) is 45.0 Å². The smallest absolute Gasteiger partial charge is 0.317 e. The molecule has 1 heterocycles. The number of unbranched alkanes of at least 4 members (excludes halogenated alkanes) is 1. The first-order valence-corrected chi connectivity index (χ1v) is 14.6. The Labute approximate surface area is 217 Å². The van der Waals surface area contributed by atoms with Crippen molar-refractivity contribution >= 4 is 6.03 Å². The first kappa shape index (κ1) is 29.6. The van der Waals surface area contributed by atoms with Crippen LogP contribution < -0.4 is 10.6 Å². The van der Waals surface area contributed by atoms with Gasteiger partial charge in [-0.3, -0.25) is 0 Å². The molecule has 3 aliphatic rings. The zero-order valence-corrected chi connectivity index (χ0v) is 22.7. The quantitative estimate of drug-likeness (QED) is 0.307. The minimum absolute atomic E-state index is 0.0458. The second-order valence-electron chi connectivity index (χ2n) is 11.8. The molecule has 8 heteroatoms. The second kappa shape index (κ2) is 14.2. The van der Waals surface area contributed by atoms with E-state index < -0.39 is 11.5 Å². The van der Waals surface area contributed by atoms with E-state index in [1.54, 1.807) is 7.11 Å². The lowest BCUT2D eigenvalue weighted by Gasteiger charge is -2.48. The Hall–Kier alpha value is -0.990. The van der Waals surface area contributed by atoms with Gasteiger partial charge < -0.3 is 25.4 Å². The fourth-order valence-corrected chi connectivity index (χ4v) is 7.01. The van der Waals surface area contributed by atoms with Crippen molar-refractivity contribution in [3.63, 3.8) is 0 Å². The molecule has 1 saturated heterocycles. The molecule has 0 spiro atoms. The van der Waals surface area contributed by atoms with Gasteiger partial charge in [0.25, 0.3) is 0 Å². The van der Waals surface area contributed by atoms with Crippen molar-refractivity contribution in [1.29, 1.82) is 0 Å². The highest BCUT2D eigenvalue weighted by atomic mass is 19.3. The second-order valence-corrected chi connectivity index (χ2v) is 11.8. The third-order valence-electron chi connectivity index (χ3n) is 9.14. The fourth-order valence-electron chi connectivity index (χ4n) is 7.01. The monoisotopic (exact) mass is 515 g/mol. The van der Waals surface area contributed by atoms with Gasteiger partial charge in [0.15, 0.2) is 0 Å². The molecule has 0 radical (unpaired) electrons. The van der Waals surface area contributed by atoms with Gasteiger partial charge in [-0.2, -0.15) is 0 Å². The Kier molecular flexibility index (Phi) is 11.7. The number of halogens is 2. The Morgan fingerprint density at radius 2 is 1.78 bits per heavy atom. The summed E-state index contributed by atoms with van der Waals surface area (Å²) < 4.78 is 32.4. The van der Waals surface area contributed by atoms with Crippen molar-refractivity contribution < 1.29 is 23.4 Å². The maximum absolute atomic E-state index is 13.6. The number of rotatable bonds is 12. The normalized spacial score (nSPS) is 26.4. The zero-order valence-electron chi connectivity index (χ0n) is 22.7. The first-order valence-electron chi connectivity index (χ1n) is 14.6. The molecular formula is C28H51F2N3O3. The van der Waals surface area contributed by atoms with Crippen LogP contribution in [0.5, 0.6) is 0 Å². The molecule has 0 unspecified atom stereocenters. The summed E-state index contributed by atoms with van der Waals surface area (Å²) in [5.74, 6) is -1.91. The number of likely N-dealkylation sites (tertiary alicyclic amines) is 1. The number of nitrogens with one attached hydrogen (secondary N) is 2. The molecule has 2 saturated carbocycles. The number of aliphatic hydroxyl groups is 1. The summed E-state index contributed by atoms with van der Waals surface area (Å²) in [5, 5.41) is 18.5. The zero-order chi connectivity index (χ0) is 26.0. The number of amides is 2. The number of likely N-dealkylation sites (N-methyl/N-ethyl adjacent to an activating group) is 1. The topological polar surface area (TPSA) is 73.8 Å². The van der Waals surface area contributed by atoms with E-state index in [1.165, 1.54) is 19.3 Å². The Morgan fingerprint density at radius 1 is 1.08 bits per heavy atom. The highest BCUT2D eigenvalue weighted by Gasteiger charge is 2.45. The summed E-state index contributed by atoms with van der Waals surface area (Å²) >= 11 is 0. The molecule has 2 amide bonds. The first-order chi connectivity index (χ1) is 17.3. The van der Waals surface area contributed by atoms with Crippen molar-refractivity contribution in [3.05, 3.63) is 0 Å². The van der Waals surface area contributed by atoms with Crippen LogP contribution in [0, 0.1) is 17.8 Å². The van der Waals surface area contributed by atoms with Crippen LogP contribution in [0.2, 0.25) is 0 Å². The molecule has 2 aliphatic carbocycles. The van der Waals surface area contributed by atoms with Crippen molar-refractivity contribution in [2.24, 2.45) is 17.8 Å². The molecule has 210 valence electrons. The van der Waals surface area contributed by atoms with Crippen LogP contribution >= 0.6 is 0 Å². The highest BCUT2D eigenvalue weighted by molar-refractivity contribution is 5.74. The van der Waals surface area contributed by atoms with Crippen LogP contribution in [0.25, 0.3) is 0 Å². The van der Waals surface area contributed by atoms with Gasteiger partial charge >= 0.3 is 6.03 Å². The molecule has 0 aromatic rings. The summed E-state index contributed by atoms with van der Waals surface area (Å²) in [7, 11) is 3.58. The van der Waals surface area contributed by atoms with Gasteiger partial charge in [-0.1, -0.05) is 19.3 Å². The summed E-state index contributed by atoms with van der Waals surface area (Å²) in [5.41, 5.74) is -0.731. The van der Waals surface area contributed by atoms with Crippen LogP contribution in [-0.4, -0.2) is 74.0 Å². The van der Waals surface area contributed by atoms with Crippen LogP contribution in [0.4, 0.5) is 13.6 Å². The average Bonchev–Trinajstić information content (AvgIpc) is 2.88. The Balaban J connectivity index is 1.60. The molecule has 6 nitrogen and oxygen atoms in total. The average molecular weight is 516 g/mol. The maximum Gasteiger partial charge on any atom is 0.317 e. The minimum atomic E-state index is -2.53. The van der Waals surface area contributed by atoms with Crippen molar-refractivity contribution in [2.45, 2.75) is 114 Å². The lowest BCUT2D eigenvalue weighted by Crippen LogP contribution is -2.56. The number of nitrogens with zero attached hydrogens (tertiary/aromatic N) is 1.